The maximum absolute atomic E-state index is 12.5. The van der Waals surface area contributed by atoms with Crippen molar-refractivity contribution in [1.82, 2.24) is 0 Å². The van der Waals surface area contributed by atoms with Crippen molar-refractivity contribution in [2.24, 2.45) is 0 Å². The molecule has 172 valence electrons. The minimum Gasteiger partial charge on any atom is -0.497 e. The zero-order valence-electron chi connectivity index (χ0n) is 20.8. The van der Waals surface area contributed by atoms with Gasteiger partial charge in [-0.05, 0) is 60.5 Å². The number of benzene rings is 1. The molecule has 0 aliphatic rings. The molecule has 0 unspecified atom stereocenters. The fourth-order valence-corrected chi connectivity index (χ4v) is 4.56. The van der Waals surface area contributed by atoms with E-state index in [4.69, 9.17) is 18.3 Å². The first kappa shape index (κ1) is 26.9. The smallest absolute Gasteiger partial charge is 0.338 e. The maximum atomic E-state index is 12.5. The molecular weight excluding hydrogens is 412 g/mol. The van der Waals surface area contributed by atoms with Crippen LogP contribution in [0.5, 0.6) is 5.75 Å². The Labute approximate surface area is 185 Å². The summed E-state index contributed by atoms with van der Waals surface area (Å²) >= 11 is 0. The Morgan fingerprint density at radius 2 is 1.37 bits per heavy atom. The molecule has 0 spiro atoms. The molecule has 5 nitrogen and oxygen atoms in total. The molecule has 0 aliphatic carbocycles. The number of hydrogen-bond acceptors (Lipinski definition) is 5. The number of hydrogen-bond donors (Lipinski definition) is 0. The normalized spacial score (nSPS) is 14.4. The highest BCUT2D eigenvalue weighted by Gasteiger charge is 2.41. The van der Waals surface area contributed by atoms with Crippen molar-refractivity contribution in [3.05, 3.63) is 29.8 Å². The van der Waals surface area contributed by atoms with Gasteiger partial charge in [0.05, 0.1) is 19.3 Å². The lowest BCUT2D eigenvalue weighted by Crippen LogP contribution is -2.49. The second-order valence-electron chi connectivity index (χ2n) is 10.9. The Morgan fingerprint density at radius 1 is 0.867 bits per heavy atom. The second-order valence-corrected chi connectivity index (χ2v) is 20.5. The van der Waals surface area contributed by atoms with Crippen LogP contribution < -0.4 is 4.74 Å². The molecule has 0 aliphatic heterocycles. The van der Waals surface area contributed by atoms with Crippen LogP contribution in [0.15, 0.2) is 24.3 Å². The molecule has 0 saturated heterocycles. The molecular formula is C23H42O5Si2. The van der Waals surface area contributed by atoms with E-state index in [1.54, 1.807) is 31.4 Å². The van der Waals surface area contributed by atoms with E-state index < -0.39 is 16.6 Å². The number of carbonyl (C=O) groups is 1. The van der Waals surface area contributed by atoms with Gasteiger partial charge in [0.2, 0.25) is 0 Å². The lowest BCUT2D eigenvalue weighted by Gasteiger charge is -2.41. The summed E-state index contributed by atoms with van der Waals surface area (Å²) in [5, 5.41) is 0.163. The van der Waals surface area contributed by atoms with Gasteiger partial charge in [-0.15, -0.1) is 0 Å². The molecule has 0 amide bonds. The average Bonchev–Trinajstić information content (AvgIpc) is 2.61. The van der Waals surface area contributed by atoms with Crippen LogP contribution in [-0.4, -0.2) is 49.0 Å². The largest absolute Gasteiger partial charge is 0.497 e. The highest BCUT2D eigenvalue weighted by atomic mass is 28.4. The molecule has 0 radical (unpaired) electrons. The van der Waals surface area contributed by atoms with Crippen molar-refractivity contribution in [2.45, 2.75) is 83.9 Å². The van der Waals surface area contributed by atoms with Gasteiger partial charge >= 0.3 is 5.97 Å². The fraction of sp³-hybridized carbons (Fsp3) is 0.696. The van der Waals surface area contributed by atoms with Crippen LogP contribution in [-0.2, 0) is 13.6 Å². The monoisotopic (exact) mass is 454 g/mol. The molecule has 1 aromatic rings. The third kappa shape index (κ3) is 7.52. The number of methoxy groups -OCH3 is 1. The Balaban J connectivity index is 2.90. The minimum absolute atomic E-state index is 0.0578. The first-order chi connectivity index (χ1) is 13.5. The molecule has 0 aromatic heterocycles. The van der Waals surface area contributed by atoms with Crippen LogP contribution in [0.4, 0.5) is 0 Å². The van der Waals surface area contributed by atoms with Crippen LogP contribution in [0.2, 0.25) is 36.3 Å². The van der Waals surface area contributed by atoms with Gasteiger partial charge in [0.25, 0.3) is 0 Å². The maximum Gasteiger partial charge on any atom is 0.338 e. The van der Waals surface area contributed by atoms with Gasteiger partial charge in [0, 0.05) is 0 Å². The molecule has 30 heavy (non-hydrogen) atoms. The Hall–Kier alpha value is -1.16. The predicted octanol–water partition coefficient (Wildman–Crippen LogP) is 6.26. The van der Waals surface area contributed by atoms with Crippen LogP contribution in [0, 0.1) is 0 Å². The van der Waals surface area contributed by atoms with E-state index in [0.29, 0.717) is 17.9 Å². The first-order valence-electron chi connectivity index (χ1n) is 10.6. The Kier molecular flexibility index (Phi) is 8.94. The minimum atomic E-state index is -2.05. The van der Waals surface area contributed by atoms with Crippen molar-refractivity contribution < 1.29 is 23.1 Å². The van der Waals surface area contributed by atoms with Crippen LogP contribution in [0.1, 0.15) is 51.9 Å². The fourth-order valence-electron chi connectivity index (χ4n) is 2.21. The van der Waals surface area contributed by atoms with Crippen molar-refractivity contribution in [2.75, 3.05) is 20.3 Å². The van der Waals surface area contributed by atoms with Crippen molar-refractivity contribution in [3.8, 4) is 5.75 Å². The van der Waals surface area contributed by atoms with Gasteiger partial charge in [-0.1, -0.05) is 41.5 Å². The van der Waals surface area contributed by atoms with Crippen molar-refractivity contribution in [1.29, 1.82) is 0 Å². The molecule has 0 heterocycles. The van der Waals surface area contributed by atoms with Crippen LogP contribution in [0.25, 0.3) is 0 Å². The van der Waals surface area contributed by atoms with E-state index in [1.165, 1.54) is 0 Å². The summed E-state index contributed by atoms with van der Waals surface area (Å²) in [4.78, 5) is 12.5. The van der Waals surface area contributed by atoms with Gasteiger partial charge < -0.3 is 18.3 Å². The van der Waals surface area contributed by atoms with Gasteiger partial charge in [0.15, 0.2) is 16.6 Å². The molecule has 1 rings (SSSR count). The standard InChI is InChI=1S/C23H42O5Si2/c1-22(2,3)29(8,9)27-17-20(28-30(10,11)23(4,5)6)16-26-21(24)18-12-14-19(25-7)15-13-18/h12-15,20H,16-17H2,1-11H3/t20-/m0/s1. The number of rotatable bonds is 9. The molecule has 1 atom stereocenters. The van der Waals surface area contributed by atoms with E-state index >= 15 is 0 Å². The van der Waals surface area contributed by atoms with E-state index in [-0.39, 0.29) is 28.8 Å². The molecule has 0 bridgehead atoms. The van der Waals surface area contributed by atoms with Crippen LogP contribution in [0.3, 0.4) is 0 Å². The SMILES string of the molecule is COc1ccc(C(=O)OC[C@@H](CO[Si](C)(C)C(C)(C)C)O[Si](C)(C)C(C)(C)C)cc1. The number of esters is 1. The summed E-state index contributed by atoms with van der Waals surface area (Å²) in [6.07, 6.45) is -0.290. The number of ether oxygens (including phenoxy) is 2. The van der Waals surface area contributed by atoms with Crippen molar-refractivity contribution >= 4 is 22.6 Å². The van der Waals surface area contributed by atoms with Gasteiger partial charge in [-0.2, -0.15) is 0 Å². The summed E-state index contributed by atoms with van der Waals surface area (Å²) in [5.41, 5.74) is 0.493. The predicted molar refractivity (Wildman–Crippen MR) is 128 cm³/mol. The third-order valence-corrected chi connectivity index (χ3v) is 15.5. The lowest BCUT2D eigenvalue weighted by molar-refractivity contribution is 0.0153. The molecule has 0 fully saturated rings. The highest BCUT2D eigenvalue weighted by molar-refractivity contribution is 6.74. The summed E-state index contributed by atoms with van der Waals surface area (Å²) in [5.74, 6) is 0.335. The van der Waals surface area contributed by atoms with Gasteiger partial charge in [-0.25, -0.2) is 4.79 Å². The molecule has 0 saturated carbocycles. The lowest BCUT2D eigenvalue weighted by atomic mass is 10.2. The Morgan fingerprint density at radius 3 is 1.80 bits per heavy atom. The molecule has 7 heteroatoms. The summed E-state index contributed by atoms with van der Waals surface area (Å²) in [6.45, 7) is 22.7. The van der Waals surface area contributed by atoms with E-state index in [2.05, 4.69) is 67.7 Å². The number of carbonyl (C=O) groups excluding carboxylic acids is 1. The molecule has 0 N–H and O–H groups in total. The third-order valence-electron chi connectivity index (χ3n) is 6.43. The van der Waals surface area contributed by atoms with Crippen molar-refractivity contribution in [3.63, 3.8) is 0 Å². The quantitative estimate of drug-likeness (QED) is 0.325. The van der Waals surface area contributed by atoms with E-state index in [0.717, 1.165) is 0 Å². The second kappa shape index (κ2) is 9.98. The summed E-state index contributed by atoms with van der Waals surface area (Å²) in [7, 11) is -2.39. The Bertz CT molecular complexity index is 685. The van der Waals surface area contributed by atoms with Gasteiger partial charge in [0.1, 0.15) is 18.5 Å². The van der Waals surface area contributed by atoms with Gasteiger partial charge in [-0.3, -0.25) is 0 Å². The summed E-state index contributed by atoms with van der Waals surface area (Å²) in [6, 6.07) is 6.91. The van der Waals surface area contributed by atoms with Crippen LogP contribution >= 0.6 is 0 Å². The zero-order valence-corrected chi connectivity index (χ0v) is 22.8. The highest BCUT2D eigenvalue weighted by Crippen LogP contribution is 2.39. The first-order valence-corrected chi connectivity index (χ1v) is 16.4. The van der Waals surface area contributed by atoms with E-state index in [9.17, 15) is 4.79 Å². The molecule has 1 aromatic carbocycles. The zero-order chi connectivity index (χ0) is 23.4. The average molecular weight is 455 g/mol. The summed E-state index contributed by atoms with van der Waals surface area (Å²) < 4.78 is 23.8. The van der Waals surface area contributed by atoms with E-state index in [1.807, 2.05) is 0 Å². The topological polar surface area (TPSA) is 54.0 Å².